The van der Waals surface area contributed by atoms with Gasteiger partial charge in [0.1, 0.15) is 6.29 Å². The molecule has 0 spiro atoms. The molecule has 0 atom stereocenters. The number of benzene rings is 2. The number of hydrogen-bond acceptors (Lipinski definition) is 1. The Morgan fingerprint density at radius 2 is 1.74 bits per heavy atom. The standard InChI is InChI=1S/C18H18O/c1-13-6-7-14(12-19)10-18(13)17-9-8-15-4-2-3-5-16(15)11-17/h6-12H,2-5H2,1H3. The third-order valence-corrected chi connectivity index (χ3v) is 4.06. The minimum absolute atomic E-state index is 0.748. The molecule has 3 rings (SSSR count). The van der Waals surface area contributed by atoms with Crippen molar-refractivity contribution >= 4 is 6.29 Å². The summed E-state index contributed by atoms with van der Waals surface area (Å²) in [4.78, 5) is 10.9. The first kappa shape index (κ1) is 12.2. The van der Waals surface area contributed by atoms with Crippen LogP contribution in [-0.2, 0) is 12.8 Å². The van der Waals surface area contributed by atoms with Gasteiger partial charge >= 0.3 is 0 Å². The number of carbonyl (C=O) groups excluding carboxylic acids is 1. The molecule has 0 radical (unpaired) electrons. The van der Waals surface area contributed by atoms with Crippen molar-refractivity contribution in [2.45, 2.75) is 32.6 Å². The van der Waals surface area contributed by atoms with Gasteiger partial charge in [0.2, 0.25) is 0 Å². The van der Waals surface area contributed by atoms with Crippen LogP contribution in [-0.4, -0.2) is 6.29 Å². The molecule has 0 aromatic heterocycles. The third kappa shape index (κ3) is 2.33. The average Bonchev–Trinajstić information content (AvgIpc) is 2.47. The number of hydrogen-bond donors (Lipinski definition) is 0. The van der Waals surface area contributed by atoms with Gasteiger partial charge < -0.3 is 0 Å². The molecule has 1 aliphatic carbocycles. The maximum absolute atomic E-state index is 10.9. The molecule has 1 heteroatoms. The zero-order valence-corrected chi connectivity index (χ0v) is 11.3. The summed E-state index contributed by atoms with van der Waals surface area (Å²) in [6, 6.07) is 12.7. The molecule has 0 heterocycles. The van der Waals surface area contributed by atoms with Crippen LogP contribution >= 0.6 is 0 Å². The van der Waals surface area contributed by atoms with Gasteiger partial charge in [0.25, 0.3) is 0 Å². The molecule has 0 saturated heterocycles. The predicted molar refractivity (Wildman–Crippen MR) is 78.6 cm³/mol. The first-order chi connectivity index (χ1) is 9.28. The van der Waals surface area contributed by atoms with Gasteiger partial charge in [-0.3, -0.25) is 4.79 Å². The highest BCUT2D eigenvalue weighted by molar-refractivity contribution is 5.80. The second-order valence-electron chi connectivity index (χ2n) is 5.38. The second-order valence-corrected chi connectivity index (χ2v) is 5.38. The van der Waals surface area contributed by atoms with Crippen molar-refractivity contribution < 1.29 is 4.79 Å². The molecule has 1 aliphatic rings. The van der Waals surface area contributed by atoms with E-state index in [0.717, 1.165) is 11.8 Å². The van der Waals surface area contributed by atoms with E-state index in [9.17, 15) is 4.79 Å². The summed E-state index contributed by atoms with van der Waals surface area (Å²) in [5, 5.41) is 0. The van der Waals surface area contributed by atoms with E-state index in [1.807, 2.05) is 18.2 Å². The normalized spacial score (nSPS) is 13.9. The molecular weight excluding hydrogens is 232 g/mol. The van der Waals surface area contributed by atoms with Crippen LogP contribution in [0.5, 0.6) is 0 Å². The molecule has 96 valence electrons. The number of aryl methyl sites for hydroxylation is 3. The fourth-order valence-electron chi connectivity index (χ4n) is 2.92. The van der Waals surface area contributed by atoms with Crippen molar-refractivity contribution in [3.05, 3.63) is 58.7 Å². The van der Waals surface area contributed by atoms with Crippen molar-refractivity contribution in [3.63, 3.8) is 0 Å². The zero-order chi connectivity index (χ0) is 13.2. The van der Waals surface area contributed by atoms with Crippen LogP contribution in [0, 0.1) is 6.92 Å². The van der Waals surface area contributed by atoms with Gasteiger partial charge in [0, 0.05) is 5.56 Å². The summed E-state index contributed by atoms with van der Waals surface area (Å²) in [6.07, 6.45) is 5.93. The highest BCUT2D eigenvalue weighted by atomic mass is 16.1. The molecule has 0 N–H and O–H groups in total. The minimum atomic E-state index is 0.748. The van der Waals surface area contributed by atoms with Crippen molar-refractivity contribution in [2.24, 2.45) is 0 Å². The lowest BCUT2D eigenvalue weighted by Crippen LogP contribution is -2.02. The molecule has 19 heavy (non-hydrogen) atoms. The number of fused-ring (bicyclic) bond motifs is 1. The number of aldehydes is 1. The number of rotatable bonds is 2. The minimum Gasteiger partial charge on any atom is -0.298 e. The van der Waals surface area contributed by atoms with Gasteiger partial charge in [-0.2, -0.15) is 0 Å². The van der Waals surface area contributed by atoms with Crippen LogP contribution in [0.4, 0.5) is 0 Å². The van der Waals surface area contributed by atoms with E-state index >= 15 is 0 Å². The SMILES string of the molecule is Cc1ccc(C=O)cc1-c1ccc2c(c1)CCCC2. The Bertz CT molecular complexity index is 626. The fourth-order valence-corrected chi connectivity index (χ4v) is 2.92. The molecule has 2 aromatic carbocycles. The van der Waals surface area contributed by atoms with Crippen molar-refractivity contribution in [1.82, 2.24) is 0 Å². The summed E-state index contributed by atoms with van der Waals surface area (Å²) < 4.78 is 0. The van der Waals surface area contributed by atoms with E-state index in [1.54, 1.807) is 0 Å². The summed E-state index contributed by atoms with van der Waals surface area (Å²) >= 11 is 0. The Balaban J connectivity index is 2.09. The quantitative estimate of drug-likeness (QED) is 0.724. The van der Waals surface area contributed by atoms with Gasteiger partial charge in [-0.05, 0) is 66.5 Å². The van der Waals surface area contributed by atoms with E-state index in [2.05, 4.69) is 25.1 Å². The molecule has 0 amide bonds. The lowest BCUT2D eigenvalue weighted by Gasteiger charge is -2.17. The first-order valence-electron chi connectivity index (χ1n) is 6.96. The van der Waals surface area contributed by atoms with E-state index in [-0.39, 0.29) is 0 Å². The summed E-state index contributed by atoms with van der Waals surface area (Å²) in [5.74, 6) is 0. The monoisotopic (exact) mass is 250 g/mol. The largest absolute Gasteiger partial charge is 0.298 e. The summed E-state index contributed by atoms with van der Waals surface area (Å²) in [7, 11) is 0. The Hall–Kier alpha value is -1.89. The molecule has 1 nitrogen and oxygen atoms in total. The van der Waals surface area contributed by atoms with Crippen LogP contribution in [0.25, 0.3) is 11.1 Å². The lowest BCUT2D eigenvalue weighted by molar-refractivity contribution is 0.112. The molecule has 0 bridgehead atoms. The third-order valence-electron chi connectivity index (χ3n) is 4.06. The Kier molecular flexibility index (Phi) is 3.20. The molecular formula is C18H18O. The summed E-state index contributed by atoms with van der Waals surface area (Å²) in [6.45, 7) is 2.10. The van der Waals surface area contributed by atoms with Crippen LogP contribution in [0.3, 0.4) is 0 Å². The number of carbonyl (C=O) groups is 1. The van der Waals surface area contributed by atoms with Gasteiger partial charge in [0.05, 0.1) is 0 Å². The zero-order valence-electron chi connectivity index (χ0n) is 11.3. The Morgan fingerprint density at radius 1 is 0.947 bits per heavy atom. The van der Waals surface area contributed by atoms with Crippen molar-refractivity contribution in [3.8, 4) is 11.1 Å². The Labute approximate surface area is 114 Å². The van der Waals surface area contributed by atoms with Crippen LogP contribution in [0.2, 0.25) is 0 Å². The first-order valence-corrected chi connectivity index (χ1v) is 6.96. The highest BCUT2D eigenvalue weighted by Crippen LogP contribution is 2.29. The molecule has 2 aromatic rings. The maximum Gasteiger partial charge on any atom is 0.150 e. The molecule has 0 unspecified atom stereocenters. The van der Waals surface area contributed by atoms with Gasteiger partial charge in [0.15, 0.2) is 0 Å². The van der Waals surface area contributed by atoms with E-state index in [4.69, 9.17) is 0 Å². The van der Waals surface area contributed by atoms with Crippen LogP contribution in [0.15, 0.2) is 36.4 Å². The van der Waals surface area contributed by atoms with E-state index in [1.165, 1.54) is 53.5 Å². The lowest BCUT2D eigenvalue weighted by atomic mass is 9.88. The average molecular weight is 250 g/mol. The van der Waals surface area contributed by atoms with E-state index < -0.39 is 0 Å². The van der Waals surface area contributed by atoms with E-state index in [0.29, 0.717) is 0 Å². The topological polar surface area (TPSA) is 17.1 Å². The van der Waals surface area contributed by atoms with Crippen molar-refractivity contribution in [2.75, 3.05) is 0 Å². The summed E-state index contributed by atoms with van der Waals surface area (Å²) in [5.41, 5.74) is 7.37. The van der Waals surface area contributed by atoms with Gasteiger partial charge in [-0.1, -0.05) is 30.3 Å². The second kappa shape index (κ2) is 5.00. The van der Waals surface area contributed by atoms with Crippen LogP contribution in [0.1, 0.15) is 39.9 Å². The predicted octanol–water partition coefficient (Wildman–Crippen LogP) is 4.35. The van der Waals surface area contributed by atoms with Gasteiger partial charge in [-0.25, -0.2) is 0 Å². The smallest absolute Gasteiger partial charge is 0.150 e. The van der Waals surface area contributed by atoms with Gasteiger partial charge in [-0.15, -0.1) is 0 Å². The molecule has 0 aliphatic heterocycles. The molecule has 0 fully saturated rings. The van der Waals surface area contributed by atoms with Crippen LogP contribution < -0.4 is 0 Å². The Morgan fingerprint density at radius 3 is 2.53 bits per heavy atom. The molecule has 0 saturated carbocycles. The fraction of sp³-hybridized carbons (Fsp3) is 0.278. The maximum atomic E-state index is 10.9. The van der Waals surface area contributed by atoms with Crippen molar-refractivity contribution in [1.29, 1.82) is 0 Å². The highest BCUT2D eigenvalue weighted by Gasteiger charge is 2.11.